The molecule has 0 spiro atoms. The lowest BCUT2D eigenvalue weighted by atomic mass is 10.2. The number of carbonyl (C=O) groups is 1. The van der Waals surface area contributed by atoms with Crippen LogP contribution in [0.1, 0.15) is 21.6 Å². The Labute approximate surface area is 118 Å². The highest BCUT2D eigenvalue weighted by molar-refractivity contribution is 5.98. The van der Waals surface area contributed by atoms with E-state index in [4.69, 9.17) is 5.73 Å². The van der Waals surface area contributed by atoms with Crippen LogP contribution in [0.25, 0.3) is 0 Å². The van der Waals surface area contributed by atoms with Crippen molar-refractivity contribution in [1.82, 2.24) is 4.98 Å². The molecular weight excluding hydrogens is 283 g/mol. The van der Waals surface area contributed by atoms with E-state index in [9.17, 15) is 18.0 Å². The molecule has 0 saturated carbocycles. The van der Waals surface area contributed by atoms with Gasteiger partial charge in [-0.2, -0.15) is 13.2 Å². The van der Waals surface area contributed by atoms with Crippen LogP contribution < -0.4 is 11.1 Å². The number of alkyl halides is 3. The van der Waals surface area contributed by atoms with Crippen molar-refractivity contribution in [1.29, 1.82) is 0 Å². The number of halogens is 3. The van der Waals surface area contributed by atoms with Crippen LogP contribution in [0.2, 0.25) is 0 Å². The van der Waals surface area contributed by atoms with Gasteiger partial charge in [0.2, 0.25) is 0 Å². The molecule has 0 saturated heterocycles. The molecule has 0 radical (unpaired) electrons. The third kappa shape index (κ3) is 3.50. The van der Waals surface area contributed by atoms with Crippen molar-refractivity contribution < 1.29 is 18.0 Å². The Kier molecular flexibility index (Phi) is 3.84. The summed E-state index contributed by atoms with van der Waals surface area (Å²) in [5.41, 5.74) is 5.38. The topological polar surface area (TPSA) is 68.0 Å². The molecule has 0 aliphatic rings. The highest BCUT2D eigenvalue weighted by Crippen LogP contribution is 2.30. The normalized spacial score (nSPS) is 11.2. The van der Waals surface area contributed by atoms with Gasteiger partial charge in [-0.15, -0.1) is 0 Å². The second kappa shape index (κ2) is 5.43. The first-order valence-electron chi connectivity index (χ1n) is 5.99. The number of aromatic nitrogens is 1. The first-order chi connectivity index (χ1) is 9.77. The van der Waals surface area contributed by atoms with Crippen LogP contribution in [0.5, 0.6) is 0 Å². The predicted octanol–water partition coefficient (Wildman–Crippen LogP) is 3.25. The number of rotatable bonds is 3. The van der Waals surface area contributed by atoms with Gasteiger partial charge in [0, 0.05) is 5.69 Å². The Morgan fingerprint density at radius 3 is 2.52 bits per heavy atom. The van der Waals surface area contributed by atoms with Gasteiger partial charge >= 0.3 is 6.18 Å². The van der Waals surface area contributed by atoms with Crippen molar-refractivity contribution >= 4 is 17.4 Å². The van der Waals surface area contributed by atoms with Crippen LogP contribution in [0.15, 0.2) is 36.4 Å². The Balaban J connectivity index is 2.46. The van der Waals surface area contributed by atoms with Crippen molar-refractivity contribution in [3.63, 3.8) is 0 Å². The molecule has 0 aliphatic carbocycles. The SMILES string of the molecule is Cc1cccc(Nc2nc(C(F)(F)F)ccc2C(N)=O)c1. The first kappa shape index (κ1) is 14.8. The van der Waals surface area contributed by atoms with Gasteiger partial charge in [0.05, 0.1) is 5.56 Å². The number of nitrogens with two attached hydrogens (primary N) is 1. The fraction of sp³-hybridized carbons (Fsp3) is 0.143. The minimum atomic E-state index is -4.60. The summed E-state index contributed by atoms with van der Waals surface area (Å²) in [5.74, 6) is -1.07. The Hall–Kier alpha value is -2.57. The van der Waals surface area contributed by atoms with E-state index in [0.29, 0.717) is 5.69 Å². The summed E-state index contributed by atoms with van der Waals surface area (Å²) in [7, 11) is 0. The fourth-order valence-corrected chi connectivity index (χ4v) is 1.77. The molecule has 2 aromatic rings. The molecule has 0 unspecified atom stereocenters. The number of carbonyl (C=O) groups excluding carboxylic acids is 1. The van der Waals surface area contributed by atoms with Crippen LogP contribution in [-0.4, -0.2) is 10.9 Å². The quantitative estimate of drug-likeness (QED) is 0.913. The Morgan fingerprint density at radius 1 is 1.24 bits per heavy atom. The second-order valence-corrected chi connectivity index (χ2v) is 4.45. The molecule has 2 rings (SSSR count). The molecule has 1 heterocycles. The first-order valence-corrected chi connectivity index (χ1v) is 5.99. The zero-order valence-corrected chi connectivity index (χ0v) is 11.0. The van der Waals surface area contributed by atoms with Crippen LogP contribution in [-0.2, 0) is 6.18 Å². The number of pyridine rings is 1. The molecule has 0 atom stereocenters. The van der Waals surface area contributed by atoms with Gasteiger partial charge in [-0.3, -0.25) is 4.79 Å². The molecular formula is C14H12F3N3O. The number of nitrogens with one attached hydrogen (secondary N) is 1. The van der Waals surface area contributed by atoms with Crippen LogP contribution in [0, 0.1) is 6.92 Å². The van der Waals surface area contributed by atoms with Gasteiger partial charge in [0.15, 0.2) is 0 Å². The average Bonchev–Trinajstić information content (AvgIpc) is 2.37. The van der Waals surface area contributed by atoms with Crippen molar-refractivity contribution in [3.8, 4) is 0 Å². The number of hydrogen-bond donors (Lipinski definition) is 2. The zero-order chi connectivity index (χ0) is 15.6. The van der Waals surface area contributed by atoms with E-state index in [1.54, 1.807) is 18.2 Å². The molecule has 0 fully saturated rings. The summed E-state index contributed by atoms with van der Waals surface area (Å²) >= 11 is 0. The molecule has 1 aromatic carbocycles. The number of benzene rings is 1. The third-order valence-corrected chi connectivity index (χ3v) is 2.73. The van der Waals surface area contributed by atoms with Crippen molar-refractivity contribution in [2.75, 3.05) is 5.32 Å². The predicted molar refractivity (Wildman–Crippen MR) is 72.2 cm³/mol. The maximum Gasteiger partial charge on any atom is 0.433 e. The highest BCUT2D eigenvalue weighted by atomic mass is 19.4. The summed E-state index contributed by atoms with van der Waals surface area (Å²) in [6, 6.07) is 8.67. The zero-order valence-electron chi connectivity index (χ0n) is 11.0. The van der Waals surface area contributed by atoms with E-state index in [-0.39, 0.29) is 11.4 Å². The maximum atomic E-state index is 12.7. The van der Waals surface area contributed by atoms with E-state index in [2.05, 4.69) is 10.3 Å². The number of nitrogens with zero attached hydrogens (tertiary/aromatic N) is 1. The molecule has 3 N–H and O–H groups in total. The lowest BCUT2D eigenvalue weighted by molar-refractivity contribution is -0.141. The van der Waals surface area contributed by atoms with Crippen LogP contribution >= 0.6 is 0 Å². The number of anilines is 2. The highest BCUT2D eigenvalue weighted by Gasteiger charge is 2.33. The van der Waals surface area contributed by atoms with E-state index in [1.165, 1.54) is 0 Å². The average molecular weight is 295 g/mol. The van der Waals surface area contributed by atoms with Gasteiger partial charge in [0.1, 0.15) is 11.5 Å². The van der Waals surface area contributed by atoms with Gasteiger partial charge in [-0.1, -0.05) is 12.1 Å². The number of aryl methyl sites for hydroxylation is 1. The third-order valence-electron chi connectivity index (χ3n) is 2.73. The van der Waals surface area contributed by atoms with Crippen molar-refractivity contribution in [2.45, 2.75) is 13.1 Å². The molecule has 110 valence electrons. The minimum Gasteiger partial charge on any atom is -0.365 e. The minimum absolute atomic E-state index is 0.107. The van der Waals surface area contributed by atoms with Crippen molar-refractivity contribution in [2.24, 2.45) is 5.73 Å². The lowest BCUT2D eigenvalue weighted by Gasteiger charge is -2.13. The van der Waals surface area contributed by atoms with Crippen LogP contribution in [0.4, 0.5) is 24.7 Å². The van der Waals surface area contributed by atoms with E-state index in [0.717, 1.165) is 17.7 Å². The van der Waals surface area contributed by atoms with Gasteiger partial charge < -0.3 is 11.1 Å². The maximum absolute atomic E-state index is 12.7. The summed E-state index contributed by atoms with van der Waals surface area (Å²) in [5, 5.41) is 2.70. The largest absolute Gasteiger partial charge is 0.433 e. The summed E-state index contributed by atoms with van der Waals surface area (Å²) in [6.07, 6.45) is -4.60. The van der Waals surface area contributed by atoms with Gasteiger partial charge in [-0.05, 0) is 36.8 Å². The van der Waals surface area contributed by atoms with Crippen molar-refractivity contribution in [3.05, 3.63) is 53.2 Å². The van der Waals surface area contributed by atoms with Crippen LogP contribution in [0.3, 0.4) is 0 Å². The Bertz CT molecular complexity index is 683. The molecule has 0 bridgehead atoms. The van der Waals surface area contributed by atoms with E-state index in [1.807, 2.05) is 13.0 Å². The fourth-order valence-electron chi connectivity index (χ4n) is 1.77. The molecule has 1 amide bonds. The standard InChI is InChI=1S/C14H12F3N3O/c1-8-3-2-4-9(7-8)19-13-10(12(18)21)5-6-11(20-13)14(15,16)17/h2-7H,1H3,(H2,18,21)(H,19,20). The van der Waals surface area contributed by atoms with E-state index >= 15 is 0 Å². The molecule has 1 aromatic heterocycles. The number of amides is 1. The number of primary amides is 1. The van der Waals surface area contributed by atoms with E-state index < -0.39 is 17.8 Å². The Morgan fingerprint density at radius 2 is 1.95 bits per heavy atom. The van der Waals surface area contributed by atoms with Gasteiger partial charge in [0.25, 0.3) is 5.91 Å². The summed E-state index contributed by atoms with van der Waals surface area (Å²) in [4.78, 5) is 14.8. The second-order valence-electron chi connectivity index (χ2n) is 4.45. The smallest absolute Gasteiger partial charge is 0.365 e. The summed E-state index contributed by atoms with van der Waals surface area (Å²) < 4.78 is 38.1. The number of hydrogen-bond acceptors (Lipinski definition) is 3. The lowest BCUT2D eigenvalue weighted by Crippen LogP contribution is -2.17. The summed E-state index contributed by atoms with van der Waals surface area (Å²) in [6.45, 7) is 1.83. The molecule has 4 nitrogen and oxygen atoms in total. The molecule has 21 heavy (non-hydrogen) atoms. The molecule has 0 aliphatic heterocycles. The monoisotopic (exact) mass is 295 g/mol. The molecule has 7 heteroatoms. The van der Waals surface area contributed by atoms with Gasteiger partial charge in [-0.25, -0.2) is 4.98 Å².